The van der Waals surface area contributed by atoms with Crippen molar-refractivity contribution in [3.05, 3.63) is 29.8 Å². The summed E-state index contributed by atoms with van der Waals surface area (Å²) in [6.45, 7) is 3.32. The van der Waals surface area contributed by atoms with E-state index in [2.05, 4.69) is 10.6 Å². The molecular formula is C16H24N2O3S. The van der Waals surface area contributed by atoms with Crippen LogP contribution in [0.15, 0.2) is 24.3 Å². The fourth-order valence-corrected chi connectivity index (χ4v) is 3.18. The van der Waals surface area contributed by atoms with Gasteiger partial charge in [0.15, 0.2) is 0 Å². The van der Waals surface area contributed by atoms with Crippen molar-refractivity contribution >= 4 is 17.7 Å². The molecule has 0 bridgehead atoms. The van der Waals surface area contributed by atoms with Crippen LogP contribution in [0.3, 0.4) is 0 Å². The summed E-state index contributed by atoms with van der Waals surface area (Å²) in [5, 5.41) is 16.0. The van der Waals surface area contributed by atoms with Crippen molar-refractivity contribution in [1.29, 1.82) is 0 Å². The molecule has 6 heteroatoms. The Labute approximate surface area is 135 Å². The summed E-state index contributed by atoms with van der Waals surface area (Å²) >= 11 is 1.86. The number of aliphatic hydroxyl groups is 1. The summed E-state index contributed by atoms with van der Waals surface area (Å²) in [5.74, 6) is 2.77. The van der Waals surface area contributed by atoms with Crippen molar-refractivity contribution < 1.29 is 14.6 Å². The van der Waals surface area contributed by atoms with Crippen molar-refractivity contribution in [2.24, 2.45) is 0 Å². The molecule has 2 atom stereocenters. The quantitative estimate of drug-likeness (QED) is 0.696. The van der Waals surface area contributed by atoms with Crippen LogP contribution < -0.4 is 15.4 Å². The van der Waals surface area contributed by atoms with Gasteiger partial charge in [0, 0.05) is 37.1 Å². The molecule has 1 aromatic carbocycles. The summed E-state index contributed by atoms with van der Waals surface area (Å²) < 4.78 is 5.51. The molecule has 2 rings (SSSR count). The number of rotatable bonds is 7. The lowest BCUT2D eigenvalue weighted by Crippen LogP contribution is -2.43. The SMILES string of the molecule is Cc1cccc(OCC(O)CNC(=O)CC2CSCCN2)c1. The average molecular weight is 324 g/mol. The normalized spacial score (nSPS) is 19.5. The van der Waals surface area contributed by atoms with Gasteiger partial charge in [0.05, 0.1) is 0 Å². The highest BCUT2D eigenvalue weighted by molar-refractivity contribution is 7.99. The second-order valence-electron chi connectivity index (χ2n) is 5.52. The van der Waals surface area contributed by atoms with Crippen LogP contribution in [0.25, 0.3) is 0 Å². The highest BCUT2D eigenvalue weighted by Crippen LogP contribution is 2.12. The van der Waals surface area contributed by atoms with Crippen LogP contribution in [0.5, 0.6) is 5.75 Å². The maximum atomic E-state index is 11.8. The van der Waals surface area contributed by atoms with Crippen LogP contribution in [0.2, 0.25) is 0 Å². The van der Waals surface area contributed by atoms with E-state index >= 15 is 0 Å². The molecule has 3 N–H and O–H groups in total. The Hall–Kier alpha value is -1.24. The van der Waals surface area contributed by atoms with Gasteiger partial charge in [-0.15, -0.1) is 0 Å². The number of hydrogen-bond acceptors (Lipinski definition) is 5. The largest absolute Gasteiger partial charge is 0.491 e. The molecule has 1 aromatic rings. The molecule has 0 aliphatic carbocycles. The van der Waals surface area contributed by atoms with Gasteiger partial charge < -0.3 is 20.5 Å². The third kappa shape index (κ3) is 6.25. The summed E-state index contributed by atoms with van der Waals surface area (Å²) in [5.41, 5.74) is 1.11. The number of thioether (sulfide) groups is 1. The maximum absolute atomic E-state index is 11.8. The average Bonchev–Trinajstić information content (AvgIpc) is 2.52. The zero-order valence-electron chi connectivity index (χ0n) is 12.9. The molecule has 1 saturated heterocycles. The first-order chi connectivity index (χ1) is 10.6. The Morgan fingerprint density at radius 3 is 3.18 bits per heavy atom. The van der Waals surface area contributed by atoms with E-state index in [1.54, 1.807) is 0 Å². The zero-order valence-corrected chi connectivity index (χ0v) is 13.7. The van der Waals surface area contributed by atoms with Gasteiger partial charge in [-0.2, -0.15) is 11.8 Å². The van der Waals surface area contributed by atoms with Crippen molar-refractivity contribution in [3.63, 3.8) is 0 Å². The van der Waals surface area contributed by atoms with E-state index in [-0.39, 0.29) is 25.1 Å². The van der Waals surface area contributed by atoms with Crippen molar-refractivity contribution in [2.75, 3.05) is 31.2 Å². The third-order valence-corrected chi connectivity index (χ3v) is 4.53. The topological polar surface area (TPSA) is 70.6 Å². The van der Waals surface area contributed by atoms with Gasteiger partial charge in [0.1, 0.15) is 18.5 Å². The minimum absolute atomic E-state index is 0.0328. The van der Waals surface area contributed by atoms with Gasteiger partial charge in [-0.05, 0) is 24.6 Å². The second-order valence-corrected chi connectivity index (χ2v) is 6.67. The van der Waals surface area contributed by atoms with Crippen LogP contribution in [0.1, 0.15) is 12.0 Å². The number of amides is 1. The van der Waals surface area contributed by atoms with E-state index in [1.807, 2.05) is 43.0 Å². The van der Waals surface area contributed by atoms with Crippen LogP contribution in [-0.4, -0.2) is 54.4 Å². The number of carbonyl (C=O) groups is 1. The number of hydrogen-bond donors (Lipinski definition) is 3. The number of aliphatic hydroxyl groups excluding tert-OH is 1. The summed E-state index contributed by atoms with van der Waals surface area (Å²) in [4.78, 5) is 11.8. The van der Waals surface area contributed by atoms with Gasteiger partial charge in [0.2, 0.25) is 5.91 Å². The Balaban J connectivity index is 1.62. The van der Waals surface area contributed by atoms with E-state index in [1.165, 1.54) is 0 Å². The van der Waals surface area contributed by atoms with Crippen LogP contribution >= 0.6 is 11.8 Å². The molecular weight excluding hydrogens is 300 g/mol. The van der Waals surface area contributed by atoms with E-state index in [0.717, 1.165) is 29.4 Å². The number of aryl methyl sites for hydroxylation is 1. The van der Waals surface area contributed by atoms with Crippen LogP contribution in [0, 0.1) is 6.92 Å². The van der Waals surface area contributed by atoms with Gasteiger partial charge in [-0.1, -0.05) is 12.1 Å². The molecule has 0 radical (unpaired) electrons. The molecule has 2 unspecified atom stereocenters. The number of nitrogens with one attached hydrogen (secondary N) is 2. The molecule has 1 amide bonds. The van der Waals surface area contributed by atoms with E-state index < -0.39 is 6.10 Å². The number of carbonyl (C=O) groups excluding carboxylic acids is 1. The first-order valence-electron chi connectivity index (χ1n) is 7.59. The van der Waals surface area contributed by atoms with Gasteiger partial charge in [-0.25, -0.2) is 0 Å². The van der Waals surface area contributed by atoms with Crippen molar-refractivity contribution in [3.8, 4) is 5.75 Å². The molecule has 1 aliphatic heterocycles. The molecule has 1 heterocycles. The Kier molecular flexibility index (Phi) is 7.02. The van der Waals surface area contributed by atoms with Crippen LogP contribution in [0.4, 0.5) is 0 Å². The fraction of sp³-hybridized carbons (Fsp3) is 0.562. The number of ether oxygens (including phenoxy) is 1. The Bertz CT molecular complexity index is 478. The number of benzene rings is 1. The van der Waals surface area contributed by atoms with E-state index in [0.29, 0.717) is 6.42 Å². The molecule has 0 aromatic heterocycles. The summed E-state index contributed by atoms with van der Waals surface area (Å²) in [6, 6.07) is 7.90. The minimum Gasteiger partial charge on any atom is -0.491 e. The van der Waals surface area contributed by atoms with Gasteiger partial charge in [0.25, 0.3) is 0 Å². The van der Waals surface area contributed by atoms with Crippen LogP contribution in [-0.2, 0) is 4.79 Å². The smallest absolute Gasteiger partial charge is 0.221 e. The standard InChI is InChI=1S/C16H24N2O3S/c1-12-3-2-4-15(7-12)21-10-14(19)9-18-16(20)8-13-11-22-6-5-17-13/h2-4,7,13-14,17,19H,5-6,8-11H2,1H3,(H,18,20). The lowest BCUT2D eigenvalue weighted by Gasteiger charge is -2.22. The fourth-order valence-electron chi connectivity index (χ4n) is 2.23. The Morgan fingerprint density at radius 2 is 2.45 bits per heavy atom. The van der Waals surface area contributed by atoms with Gasteiger partial charge >= 0.3 is 0 Å². The molecule has 1 aliphatic rings. The van der Waals surface area contributed by atoms with Crippen molar-refractivity contribution in [1.82, 2.24) is 10.6 Å². The molecule has 1 fully saturated rings. The second kappa shape index (κ2) is 9.02. The first-order valence-corrected chi connectivity index (χ1v) is 8.74. The summed E-state index contributed by atoms with van der Waals surface area (Å²) in [6.07, 6.45) is -0.253. The highest BCUT2D eigenvalue weighted by atomic mass is 32.2. The van der Waals surface area contributed by atoms with E-state index in [9.17, 15) is 9.90 Å². The predicted molar refractivity (Wildman–Crippen MR) is 89.4 cm³/mol. The molecule has 5 nitrogen and oxygen atoms in total. The maximum Gasteiger partial charge on any atom is 0.221 e. The van der Waals surface area contributed by atoms with Crippen molar-refractivity contribution in [2.45, 2.75) is 25.5 Å². The predicted octanol–water partition coefficient (Wildman–Crippen LogP) is 0.946. The lowest BCUT2D eigenvalue weighted by molar-refractivity contribution is -0.122. The molecule has 0 spiro atoms. The molecule has 0 saturated carbocycles. The minimum atomic E-state index is -0.710. The van der Waals surface area contributed by atoms with Gasteiger partial charge in [-0.3, -0.25) is 4.79 Å². The molecule has 22 heavy (non-hydrogen) atoms. The summed E-state index contributed by atoms with van der Waals surface area (Å²) in [7, 11) is 0. The molecule has 122 valence electrons. The monoisotopic (exact) mass is 324 g/mol. The highest BCUT2D eigenvalue weighted by Gasteiger charge is 2.17. The van der Waals surface area contributed by atoms with E-state index in [4.69, 9.17) is 4.74 Å². The first kappa shape index (κ1) is 17.1. The Morgan fingerprint density at radius 1 is 1.59 bits per heavy atom. The zero-order chi connectivity index (χ0) is 15.8. The lowest BCUT2D eigenvalue weighted by atomic mass is 10.2. The third-order valence-electron chi connectivity index (χ3n) is 3.40.